The van der Waals surface area contributed by atoms with Gasteiger partial charge in [-0.2, -0.15) is 0 Å². The molecule has 3 rings (SSSR count). The number of rotatable bonds is 6. The maximum atomic E-state index is 12.4. The van der Waals surface area contributed by atoms with Gasteiger partial charge in [0.2, 0.25) is 11.8 Å². The summed E-state index contributed by atoms with van der Waals surface area (Å²) in [5, 5.41) is 5.47. The van der Waals surface area contributed by atoms with E-state index in [1.54, 1.807) is 24.3 Å². The Morgan fingerprint density at radius 3 is 2.43 bits per heavy atom. The van der Waals surface area contributed by atoms with Crippen LogP contribution in [-0.2, 0) is 14.3 Å². The van der Waals surface area contributed by atoms with Crippen molar-refractivity contribution in [3.05, 3.63) is 54.1 Å². The van der Waals surface area contributed by atoms with Gasteiger partial charge in [0.25, 0.3) is 0 Å². The molecule has 0 aliphatic carbocycles. The predicted molar refractivity (Wildman–Crippen MR) is 108 cm³/mol. The first-order chi connectivity index (χ1) is 13.5. The standard InChI is InChI=1S/C21H23N3O4/c1-15(25)16-5-4-6-17(13-16)22-20(26)14-21(27)23-18-7-2-3-8-19(18)24-9-11-28-12-10-24/h2-8,13H,9-12,14H2,1H3,(H,22,26)(H,23,27). The number of amides is 2. The third kappa shape index (κ3) is 5.17. The number of hydrogen-bond acceptors (Lipinski definition) is 5. The highest BCUT2D eigenvalue weighted by Gasteiger charge is 2.17. The molecule has 0 spiro atoms. The van der Waals surface area contributed by atoms with Crippen LogP contribution >= 0.6 is 0 Å². The highest BCUT2D eigenvalue weighted by Crippen LogP contribution is 2.26. The number of para-hydroxylation sites is 2. The lowest BCUT2D eigenvalue weighted by Gasteiger charge is -2.30. The van der Waals surface area contributed by atoms with Gasteiger partial charge in [-0.3, -0.25) is 14.4 Å². The molecule has 2 amide bonds. The van der Waals surface area contributed by atoms with Crippen LogP contribution in [0.25, 0.3) is 0 Å². The molecule has 7 heteroatoms. The first kappa shape index (κ1) is 19.6. The lowest BCUT2D eigenvalue weighted by molar-refractivity contribution is -0.123. The van der Waals surface area contributed by atoms with Crippen LogP contribution in [0, 0.1) is 0 Å². The smallest absolute Gasteiger partial charge is 0.233 e. The van der Waals surface area contributed by atoms with E-state index >= 15 is 0 Å². The molecule has 0 saturated carbocycles. The molecule has 0 bridgehead atoms. The van der Waals surface area contributed by atoms with Crippen LogP contribution in [0.2, 0.25) is 0 Å². The van der Waals surface area contributed by atoms with Crippen molar-refractivity contribution in [1.82, 2.24) is 0 Å². The molecule has 2 aromatic rings. The second-order valence-corrected chi connectivity index (χ2v) is 6.53. The quantitative estimate of drug-likeness (QED) is 0.593. The lowest BCUT2D eigenvalue weighted by atomic mass is 10.1. The third-order valence-electron chi connectivity index (χ3n) is 4.40. The molecule has 2 aromatic carbocycles. The third-order valence-corrected chi connectivity index (χ3v) is 4.40. The first-order valence-electron chi connectivity index (χ1n) is 9.15. The minimum atomic E-state index is -0.443. The monoisotopic (exact) mass is 381 g/mol. The first-order valence-corrected chi connectivity index (χ1v) is 9.15. The van der Waals surface area contributed by atoms with Gasteiger partial charge in [-0.15, -0.1) is 0 Å². The summed E-state index contributed by atoms with van der Waals surface area (Å²) < 4.78 is 5.37. The molecule has 0 aromatic heterocycles. The molecular weight excluding hydrogens is 358 g/mol. The zero-order valence-corrected chi connectivity index (χ0v) is 15.7. The van der Waals surface area contributed by atoms with Crippen molar-refractivity contribution in [2.24, 2.45) is 0 Å². The van der Waals surface area contributed by atoms with E-state index in [-0.39, 0.29) is 12.2 Å². The van der Waals surface area contributed by atoms with Gasteiger partial charge < -0.3 is 20.3 Å². The highest BCUT2D eigenvalue weighted by molar-refractivity contribution is 6.09. The van der Waals surface area contributed by atoms with E-state index in [9.17, 15) is 14.4 Å². The van der Waals surface area contributed by atoms with Gasteiger partial charge in [0.05, 0.1) is 24.6 Å². The number of ether oxygens (including phenoxy) is 1. The fourth-order valence-corrected chi connectivity index (χ4v) is 3.02. The largest absolute Gasteiger partial charge is 0.378 e. The maximum absolute atomic E-state index is 12.4. The molecule has 1 fully saturated rings. The van der Waals surface area contributed by atoms with Crippen LogP contribution in [0.3, 0.4) is 0 Å². The Balaban J connectivity index is 1.60. The molecule has 1 aliphatic heterocycles. The topological polar surface area (TPSA) is 87.7 Å². The van der Waals surface area contributed by atoms with Gasteiger partial charge in [0, 0.05) is 24.3 Å². The number of morpholine rings is 1. The van der Waals surface area contributed by atoms with Gasteiger partial charge in [-0.25, -0.2) is 0 Å². The van der Waals surface area contributed by atoms with E-state index in [4.69, 9.17) is 4.74 Å². The van der Waals surface area contributed by atoms with E-state index in [1.807, 2.05) is 24.3 Å². The number of nitrogens with zero attached hydrogens (tertiary/aromatic N) is 1. The summed E-state index contributed by atoms with van der Waals surface area (Å²) >= 11 is 0. The summed E-state index contributed by atoms with van der Waals surface area (Å²) in [4.78, 5) is 38.1. The zero-order valence-electron chi connectivity index (χ0n) is 15.7. The second kappa shape index (κ2) is 9.14. The lowest BCUT2D eigenvalue weighted by Crippen LogP contribution is -2.36. The number of carbonyl (C=O) groups excluding carboxylic acids is 3. The number of anilines is 3. The minimum absolute atomic E-state index is 0.0893. The Morgan fingerprint density at radius 1 is 0.964 bits per heavy atom. The van der Waals surface area contributed by atoms with E-state index in [1.165, 1.54) is 6.92 Å². The predicted octanol–water partition coefficient (Wildman–Crippen LogP) is 2.69. The molecule has 1 aliphatic rings. The average molecular weight is 381 g/mol. The Kier molecular flexibility index (Phi) is 6.39. The van der Waals surface area contributed by atoms with Crippen LogP contribution in [0.4, 0.5) is 17.1 Å². The number of ketones is 1. The van der Waals surface area contributed by atoms with Crippen LogP contribution in [0.1, 0.15) is 23.7 Å². The fourth-order valence-electron chi connectivity index (χ4n) is 3.02. The molecule has 1 saturated heterocycles. The molecule has 0 atom stereocenters. The summed E-state index contributed by atoms with van der Waals surface area (Å²) in [6.07, 6.45) is -0.318. The normalized spacial score (nSPS) is 13.7. The number of carbonyl (C=O) groups is 3. The van der Waals surface area contributed by atoms with E-state index in [0.29, 0.717) is 30.2 Å². The van der Waals surface area contributed by atoms with Crippen molar-refractivity contribution in [2.75, 3.05) is 41.8 Å². The molecule has 0 radical (unpaired) electrons. The maximum Gasteiger partial charge on any atom is 0.233 e. The van der Waals surface area contributed by atoms with Crippen LogP contribution < -0.4 is 15.5 Å². The summed E-state index contributed by atoms with van der Waals surface area (Å²) in [6, 6.07) is 14.1. The van der Waals surface area contributed by atoms with E-state index in [0.717, 1.165) is 18.8 Å². The van der Waals surface area contributed by atoms with Gasteiger partial charge in [-0.05, 0) is 31.2 Å². The molecular formula is C21H23N3O4. The van der Waals surface area contributed by atoms with E-state index < -0.39 is 11.8 Å². The van der Waals surface area contributed by atoms with Crippen molar-refractivity contribution in [2.45, 2.75) is 13.3 Å². The average Bonchev–Trinajstić information content (AvgIpc) is 2.69. The van der Waals surface area contributed by atoms with Crippen molar-refractivity contribution >= 4 is 34.7 Å². The minimum Gasteiger partial charge on any atom is -0.378 e. The summed E-state index contributed by atoms with van der Waals surface area (Å²) in [7, 11) is 0. The van der Waals surface area contributed by atoms with Crippen molar-refractivity contribution in [1.29, 1.82) is 0 Å². The molecule has 2 N–H and O–H groups in total. The molecule has 7 nitrogen and oxygen atoms in total. The second-order valence-electron chi connectivity index (χ2n) is 6.53. The highest BCUT2D eigenvalue weighted by atomic mass is 16.5. The number of Topliss-reactive ketones (excluding diaryl/α,β-unsaturated/α-hetero) is 1. The van der Waals surface area contributed by atoms with Crippen molar-refractivity contribution in [3.63, 3.8) is 0 Å². The van der Waals surface area contributed by atoms with E-state index in [2.05, 4.69) is 15.5 Å². The van der Waals surface area contributed by atoms with Gasteiger partial charge in [0.15, 0.2) is 5.78 Å². The Labute approximate surface area is 163 Å². The van der Waals surface area contributed by atoms with Crippen molar-refractivity contribution < 1.29 is 19.1 Å². The summed E-state index contributed by atoms with van der Waals surface area (Å²) in [5.41, 5.74) is 2.57. The molecule has 28 heavy (non-hydrogen) atoms. The van der Waals surface area contributed by atoms with Crippen LogP contribution in [-0.4, -0.2) is 43.9 Å². The summed E-state index contributed by atoms with van der Waals surface area (Å²) in [5.74, 6) is -0.934. The Morgan fingerprint density at radius 2 is 1.68 bits per heavy atom. The fraction of sp³-hybridized carbons (Fsp3) is 0.286. The number of nitrogens with one attached hydrogen (secondary N) is 2. The molecule has 146 valence electrons. The Hall–Kier alpha value is -3.19. The van der Waals surface area contributed by atoms with Crippen LogP contribution in [0.15, 0.2) is 48.5 Å². The number of benzene rings is 2. The van der Waals surface area contributed by atoms with Crippen LogP contribution in [0.5, 0.6) is 0 Å². The zero-order chi connectivity index (χ0) is 19.9. The Bertz CT molecular complexity index is 875. The van der Waals surface area contributed by atoms with Gasteiger partial charge in [0.1, 0.15) is 6.42 Å². The van der Waals surface area contributed by atoms with Gasteiger partial charge >= 0.3 is 0 Å². The summed E-state index contributed by atoms with van der Waals surface area (Å²) in [6.45, 7) is 4.24. The van der Waals surface area contributed by atoms with Crippen molar-refractivity contribution in [3.8, 4) is 0 Å². The number of hydrogen-bond donors (Lipinski definition) is 2. The molecule has 0 unspecified atom stereocenters. The van der Waals surface area contributed by atoms with Gasteiger partial charge in [-0.1, -0.05) is 24.3 Å². The SMILES string of the molecule is CC(=O)c1cccc(NC(=O)CC(=O)Nc2ccccc2N2CCOCC2)c1. The molecule has 1 heterocycles.